The Morgan fingerprint density at radius 2 is 2.15 bits per heavy atom. The Hall–Kier alpha value is -1.62. The molecule has 20 heavy (non-hydrogen) atoms. The second-order valence-corrected chi connectivity index (χ2v) is 4.54. The molecule has 1 aromatic carbocycles. The van der Waals surface area contributed by atoms with Crippen molar-refractivity contribution < 1.29 is 13.9 Å². The molecule has 0 aliphatic carbocycles. The van der Waals surface area contributed by atoms with Crippen LogP contribution < -0.4 is 10.2 Å². The Balaban J connectivity index is 2.65. The predicted molar refractivity (Wildman–Crippen MR) is 78.3 cm³/mol. The average Bonchev–Trinajstić information content (AvgIpc) is 2.44. The minimum Gasteiger partial charge on any atom is -0.466 e. The molecule has 4 nitrogen and oxygen atoms in total. The standard InChI is InChI=1S/C15H23FN2O2/c1-4-17-11-12-6-7-13(16)14(10-12)18(3)9-8-15(19)20-5-2/h6-7,10,17H,4-5,8-9,11H2,1-3H3. The van der Waals surface area contributed by atoms with E-state index in [0.29, 0.717) is 25.4 Å². The van der Waals surface area contributed by atoms with Gasteiger partial charge in [0.2, 0.25) is 0 Å². The summed E-state index contributed by atoms with van der Waals surface area (Å²) in [5, 5.41) is 3.20. The number of ether oxygens (including phenoxy) is 1. The van der Waals surface area contributed by atoms with Gasteiger partial charge in [-0.3, -0.25) is 4.79 Å². The summed E-state index contributed by atoms with van der Waals surface area (Å²) in [4.78, 5) is 13.1. The van der Waals surface area contributed by atoms with Crippen LogP contribution in [-0.2, 0) is 16.1 Å². The number of hydrogen-bond acceptors (Lipinski definition) is 4. The highest BCUT2D eigenvalue weighted by Gasteiger charge is 2.11. The zero-order valence-corrected chi connectivity index (χ0v) is 12.4. The molecule has 1 N–H and O–H groups in total. The van der Waals surface area contributed by atoms with Crippen molar-refractivity contribution in [3.8, 4) is 0 Å². The molecule has 0 saturated heterocycles. The van der Waals surface area contributed by atoms with Crippen molar-refractivity contribution in [1.82, 2.24) is 5.32 Å². The van der Waals surface area contributed by atoms with E-state index in [1.54, 1.807) is 24.9 Å². The summed E-state index contributed by atoms with van der Waals surface area (Å²) in [5.74, 6) is -0.542. The zero-order chi connectivity index (χ0) is 15.0. The highest BCUT2D eigenvalue weighted by molar-refractivity contribution is 5.70. The molecular weight excluding hydrogens is 259 g/mol. The molecule has 0 aromatic heterocycles. The largest absolute Gasteiger partial charge is 0.466 e. The van der Waals surface area contributed by atoms with Gasteiger partial charge in [0, 0.05) is 20.1 Å². The number of nitrogens with zero attached hydrogens (tertiary/aromatic N) is 1. The number of carbonyl (C=O) groups excluding carboxylic acids is 1. The Bertz CT molecular complexity index is 438. The van der Waals surface area contributed by atoms with Gasteiger partial charge in [0.25, 0.3) is 0 Å². The van der Waals surface area contributed by atoms with Crippen LogP contribution in [-0.4, -0.2) is 32.7 Å². The molecule has 0 aliphatic heterocycles. The third kappa shape index (κ3) is 5.17. The van der Waals surface area contributed by atoms with Crippen LogP contribution in [0.15, 0.2) is 18.2 Å². The van der Waals surface area contributed by atoms with Gasteiger partial charge in [0.1, 0.15) is 5.82 Å². The molecule has 0 amide bonds. The van der Waals surface area contributed by atoms with Gasteiger partial charge >= 0.3 is 5.97 Å². The first-order valence-corrected chi connectivity index (χ1v) is 6.94. The van der Waals surface area contributed by atoms with Crippen LogP contribution >= 0.6 is 0 Å². The molecule has 0 heterocycles. The maximum Gasteiger partial charge on any atom is 0.307 e. The molecule has 0 unspecified atom stereocenters. The monoisotopic (exact) mass is 282 g/mol. The van der Waals surface area contributed by atoms with E-state index in [1.807, 2.05) is 13.0 Å². The van der Waals surface area contributed by atoms with Gasteiger partial charge in [-0.25, -0.2) is 4.39 Å². The molecule has 0 spiro atoms. The predicted octanol–water partition coefficient (Wildman–Crippen LogP) is 2.32. The summed E-state index contributed by atoms with van der Waals surface area (Å²) in [6, 6.07) is 5.03. The van der Waals surface area contributed by atoms with E-state index < -0.39 is 0 Å². The number of esters is 1. The number of halogens is 1. The lowest BCUT2D eigenvalue weighted by molar-refractivity contribution is -0.142. The number of hydrogen-bond donors (Lipinski definition) is 1. The summed E-state index contributed by atoms with van der Waals surface area (Å²) < 4.78 is 18.7. The summed E-state index contributed by atoms with van der Waals surface area (Å²) in [6.45, 7) is 6.16. The molecule has 0 radical (unpaired) electrons. The number of benzene rings is 1. The second-order valence-electron chi connectivity index (χ2n) is 4.54. The van der Waals surface area contributed by atoms with E-state index in [1.165, 1.54) is 6.07 Å². The van der Waals surface area contributed by atoms with Gasteiger partial charge in [-0.15, -0.1) is 0 Å². The third-order valence-electron chi connectivity index (χ3n) is 2.96. The van der Waals surface area contributed by atoms with Gasteiger partial charge in [-0.05, 0) is 31.2 Å². The van der Waals surface area contributed by atoms with Gasteiger partial charge in [0.05, 0.1) is 18.7 Å². The lowest BCUT2D eigenvalue weighted by Gasteiger charge is -2.20. The molecule has 0 bridgehead atoms. The van der Waals surface area contributed by atoms with Crippen LogP contribution in [0.5, 0.6) is 0 Å². The zero-order valence-electron chi connectivity index (χ0n) is 12.4. The quantitative estimate of drug-likeness (QED) is 0.743. The Morgan fingerprint density at radius 3 is 2.80 bits per heavy atom. The van der Waals surface area contributed by atoms with Crippen molar-refractivity contribution in [2.24, 2.45) is 0 Å². The smallest absolute Gasteiger partial charge is 0.307 e. The average molecular weight is 282 g/mol. The summed E-state index contributed by atoms with van der Waals surface area (Å²) in [5.41, 5.74) is 1.52. The first-order chi connectivity index (χ1) is 9.58. The minimum atomic E-state index is -0.281. The van der Waals surface area contributed by atoms with E-state index in [-0.39, 0.29) is 18.2 Å². The summed E-state index contributed by atoms with van der Waals surface area (Å²) >= 11 is 0. The summed E-state index contributed by atoms with van der Waals surface area (Å²) in [7, 11) is 1.77. The van der Waals surface area contributed by atoms with Crippen LogP contribution in [0.2, 0.25) is 0 Å². The SMILES string of the molecule is CCNCc1ccc(F)c(N(C)CCC(=O)OCC)c1. The van der Waals surface area contributed by atoms with Crippen molar-refractivity contribution in [3.05, 3.63) is 29.6 Å². The Labute approximate surface area is 119 Å². The van der Waals surface area contributed by atoms with E-state index in [2.05, 4.69) is 5.32 Å². The molecular formula is C15H23FN2O2. The molecule has 1 aromatic rings. The minimum absolute atomic E-state index is 0.251. The lowest BCUT2D eigenvalue weighted by atomic mass is 10.1. The maximum atomic E-state index is 13.8. The molecule has 0 atom stereocenters. The van der Waals surface area contributed by atoms with Crippen molar-refractivity contribution >= 4 is 11.7 Å². The number of nitrogens with one attached hydrogen (secondary N) is 1. The number of anilines is 1. The van der Waals surface area contributed by atoms with E-state index in [0.717, 1.165) is 12.1 Å². The van der Waals surface area contributed by atoms with Gasteiger partial charge < -0.3 is 15.0 Å². The fourth-order valence-corrected chi connectivity index (χ4v) is 1.84. The van der Waals surface area contributed by atoms with Crippen LogP contribution in [0.1, 0.15) is 25.8 Å². The first kappa shape index (κ1) is 16.4. The van der Waals surface area contributed by atoms with Crippen LogP contribution in [0.4, 0.5) is 10.1 Å². The lowest BCUT2D eigenvalue weighted by Crippen LogP contribution is -2.23. The fraction of sp³-hybridized carbons (Fsp3) is 0.533. The Kier molecular flexibility index (Phi) is 7.01. The molecule has 5 heteroatoms. The van der Waals surface area contributed by atoms with Gasteiger partial charge in [-0.2, -0.15) is 0 Å². The van der Waals surface area contributed by atoms with Gasteiger partial charge in [-0.1, -0.05) is 13.0 Å². The highest BCUT2D eigenvalue weighted by Crippen LogP contribution is 2.20. The molecule has 0 aliphatic rings. The number of rotatable bonds is 8. The van der Waals surface area contributed by atoms with Crippen molar-refractivity contribution in [3.63, 3.8) is 0 Å². The molecule has 1 rings (SSSR count). The molecule has 0 saturated carbocycles. The normalized spacial score (nSPS) is 10.4. The topological polar surface area (TPSA) is 41.6 Å². The maximum absolute atomic E-state index is 13.8. The van der Waals surface area contributed by atoms with Gasteiger partial charge in [0.15, 0.2) is 0 Å². The fourth-order valence-electron chi connectivity index (χ4n) is 1.84. The number of carbonyl (C=O) groups is 1. The highest BCUT2D eigenvalue weighted by atomic mass is 19.1. The summed E-state index contributed by atoms with van der Waals surface area (Å²) in [6.07, 6.45) is 0.251. The van der Waals surface area contributed by atoms with Crippen LogP contribution in [0, 0.1) is 5.82 Å². The van der Waals surface area contributed by atoms with E-state index in [9.17, 15) is 9.18 Å². The third-order valence-corrected chi connectivity index (χ3v) is 2.96. The van der Waals surface area contributed by atoms with Crippen LogP contribution in [0.25, 0.3) is 0 Å². The van der Waals surface area contributed by atoms with E-state index >= 15 is 0 Å². The second kappa shape index (κ2) is 8.53. The van der Waals surface area contributed by atoms with Crippen molar-refractivity contribution in [1.29, 1.82) is 0 Å². The molecule has 112 valence electrons. The van der Waals surface area contributed by atoms with E-state index in [4.69, 9.17) is 4.74 Å². The van der Waals surface area contributed by atoms with Crippen molar-refractivity contribution in [2.75, 3.05) is 31.6 Å². The Morgan fingerprint density at radius 1 is 1.40 bits per heavy atom. The van der Waals surface area contributed by atoms with Crippen LogP contribution in [0.3, 0.4) is 0 Å². The molecule has 0 fully saturated rings. The first-order valence-electron chi connectivity index (χ1n) is 6.94. The van der Waals surface area contributed by atoms with Crippen molar-refractivity contribution in [2.45, 2.75) is 26.8 Å².